The number of hydrogen-bond donors (Lipinski definition) is 0. The molecule has 0 spiro atoms. The number of carbonyl (C=O) groups is 2. The van der Waals surface area contributed by atoms with Gasteiger partial charge in [0.2, 0.25) is 0 Å². The molecule has 0 atom stereocenters. The van der Waals surface area contributed by atoms with E-state index >= 15 is 0 Å². The highest BCUT2D eigenvalue weighted by Crippen LogP contribution is 2.16. The minimum absolute atomic E-state index is 0.0427. The molecule has 0 bridgehead atoms. The first-order valence-electron chi connectivity index (χ1n) is 8.36. The average molecular weight is 407 g/mol. The molecule has 28 heavy (non-hydrogen) atoms. The van der Waals surface area contributed by atoms with Gasteiger partial charge in [0.05, 0.1) is 24.2 Å². The third kappa shape index (κ3) is 5.16. The second-order valence-electron chi connectivity index (χ2n) is 5.58. The van der Waals surface area contributed by atoms with E-state index in [1.807, 2.05) is 6.92 Å². The van der Waals surface area contributed by atoms with Crippen molar-refractivity contribution in [1.82, 2.24) is 4.47 Å². The average Bonchev–Trinajstić information content (AvgIpc) is 2.71. The van der Waals surface area contributed by atoms with Crippen LogP contribution in [0.4, 0.5) is 0 Å². The van der Waals surface area contributed by atoms with Crippen molar-refractivity contribution in [3.63, 3.8) is 0 Å². The molecule has 0 N–H and O–H groups in total. The fourth-order valence-electron chi connectivity index (χ4n) is 2.21. The highest BCUT2D eigenvalue weighted by Gasteiger charge is 2.21. The zero-order valence-electron chi connectivity index (χ0n) is 15.7. The van der Waals surface area contributed by atoms with Crippen LogP contribution in [0.5, 0.6) is 5.75 Å². The number of ether oxygens (including phenoxy) is 2. The SMILES string of the molecule is CCOc1ccc(C(=O)COC(=O)c2ccc(S(=O)(=O)N(C)OC)cc2)cc1. The Labute approximate surface area is 163 Å². The van der Waals surface area contributed by atoms with Gasteiger partial charge in [0, 0.05) is 12.6 Å². The van der Waals surface area contributed by atoms with Gasteiger partial charge in [-0.25, -0.2) is 13.2 Å². The van der Waals surface area contributed by atoms with Crippen LogP contribution in [0.2, 0.25) is 0 Å². The van der Waals surface area contributed by atoms with Crippen molar-refractivity contribution in [1.29, 1.82) is 0 Å². The lowest BCUT2D eigenvalue weighted by atomic mass is 10.1. The number of carbonyl (C=O) groups excluding carboxylic acids is 2. The molecule has 0 saturated heterocycles. The number of Topliss-reactive ketones (excluding diaryl/α,β-unsaturated/α-hetero) is 1. The molecular weight excluding hydrogens is 386 g/mol. The summed E-state index contributed by atoms with van der Waals surface area (Å²) in [5, 5.41) is 0. The van der Waals surface area contributed by atoms with Crippen LogP contribution in [0.25, 0.3) is 0 Å². The van der Waals surface area contributed by atoms with Crippen molar-refractivity contribution in [3.05, 3.63) is 59.7 Å². The van der Waals surface area contributed by atoms with Gasteiger partial charge in [-0.05, 0) is 55.5 Å². The number of rotatable bonds is 9. The van der Waals surface area contributed by atoms with E-state index in [9.17, 15) is 18.0 Å². The Kier molecular flexibility index (Phi) is 7.27. The van der Waals surface area contributed by atoms with Crippen LogP contribution < -0.4 is 4.74 Å². The standard InChI is InChI=1S/C19H21NO7S/c1-4-26-16-9-5-14(6-10-16)18(21)13-27-19(22)15-7-11-17(12-8-15)28(23,24)20(2)25-3/h5-12H,4,13H2,1-3H3. The molecule has 0 aliphatic carbocycles. The molecule has 2 aromatic carbocycles. The van der Waals surface area contributed by atoms with E-state index in [4.69, 9.17) is 9.47 Å². The van der Waals surface area contributed by atoms with Crippen molar-refractivity contribution in [2.24, 2.45) is 0 Å². The van der Waals surface area contributed by atoms with Crippen molar-refractivity contribution < 1.29 is 32.3 Å². The molecule has 8 nitrogen and oxygen atoms in total. The molecule has 0 saturated carbocycles. The van der Waals surface area contributed by atoms with Gasteiger partial charge in [-0.3, -0.25) is 9.63 Å². The normalized spacial score (nSPS) is 11.3. The van der Waals surface area contributed by atoms with E-state index in [0.29, 0.717) is 22.4 Å². The van der Waals surface area contributed by atoms with Gasteiger partial charge >= 0.3 is 5.97 Å². The van der Waals surface area contributed by atoms with Crippen LogP contribution in [0.3, 0.4) is 0 Å². The number of hydroxylamine groups is 1. The molecule has 0 radical (unpaired) electrons. The molecule has 9 heteroatoms. The van der Waals surface area contributed by atoms with Gasteiger partial charge in [-0.15, -0.1) is 0 Å². The zero-order chi connectivity index (χ0) is 20.7. The van der Waals surface area contributed by atoms with E-state index in [2.05, 4.69) is 4.84 Å². The van der Waals surface area contributed by atoms with Gasteiger partial charge in [-0.2, -0.15) is 0 Å². The summed E-state index contributed by atoms with van der Waals surface area (Å²) in [6, 6.07) is 11.6. The van der Waals surface area contributed by atoms with Crippen LogP contribution in [0.1, 0.15) is 27.6 Å². The zero-order valence-corrected chi connectivity index (χ0v) is 16.6. The summed E-state index contributed by atoms with van der Waals surface area (Å²) in [5.74, 6) is -0.453. The molecule has 0 heterocycles. The maximum Gasteiger partial charge on any atom is 0.338 e. The van der Waals surface area contributed by atoms with Crippen LogP contribution >= 0.6 is 0 Å². The monoisotopic (exact) mass is 407 g/mol. The second kappa shape index (κ2) is 9.45. The van der Waals surface area contributed by atoms with E-state index < -0.39 is 22.6 Å². The fraction of sp³-hybridized carbons (Fsp3) is 0.263. The van der Waals surface area contributed by atoms with Gasteiger partial charge in [0.15, 0.2) is 12.4 Å². The van der Waals surface area contributed by atoms with Crippen LogP contribution in [0.15, 0.2) is 53.4 Å². The summed E-state index contributed by atoms with van der Waals surface area (Å²) in [6.07, 6.45) is 0. The fourth-order valence-corrected chi connectivity index (χ4v) is 3.18. The minimum atomic E-state index is -3.81. The Morgan fingerprint density at radius 1 is 0.964 bits per heavy atom. The molecule has 0 unspecified atom stereocenters. The highest BCUT2D eigenvalue weighted by molar-refractivity contribution is 7.89. The largest absolute Gasteiger partial charge is 0.494 e. The lowest BCUT2D eigenvalue weighted by Gasteiger charge is -2.14. The first-order chi connectivity index (χ1) is 13.3. The third-order valence-electron chi connectivity index (χ3n) is 3.81. The maximum absolute atomic E-state index is 12.1. The number of hydrogen-bond acceptors (Lipinski definition) is 7. The number of ketones is 1. The quantitative estimate of drug-likeness (QED) is 0.357. The highest BCUT2D eigenvalue weighted by atomic mass is 32.2. The van der Waals surface area contributed by atoms with E-state index in [-0.39, 0.29) is 16.2 Å². The lowest BCUT2D eigenvalue weighted by Crippen LogP contribution is -2.25. The van der Waals surface area contributed by atoms with Crippen molar-refractivity contribution in [2.45, 2.75) is 11.8 Å². The molecule has 0 amide bonds. The summed E-state index contributed by atoms with van der Waals surface area (Å²) >= 11 is 0. The second-order valence-corrected chi connectivity index (χ2v) is 7.51. The Morgan fingerprint density at radius 2 is 1.54 bits per heavy atom. The minimum Gasteiger partial charge on any atom is -0.494 e. The summed E-state index contributed by atoms with van der Waals surface area (Å²) in [5.41, 5.74) is 0.513. The first-order valence-corrected chi connectivity index (χ1v) is 9.80. The van der Waals surface area contributed by atoms with Crippen molar-refractivity contribution >= 4 is 21.8 Å². The molecule has 150 valence electrons. The van der Waals surface area contributed by atoms with E-state index in [1.54, 1.807) is 24.3 Å². The predicted octanol–water partition coefficient (Wildman–Crippen LogP) is 2.31. The third-order valence-corrected chi connectivity index (χ3v) is 5.50. The number of benzene rings is 2. The summed E-state index contributed by atoms with van der Waals surface area (Å²) < 4.78 is 35.2. The van der Waals surface area contributed by atoms with Crippen LogP contribution in [-0.2, 0) is 19.6 Å². The first kappa shape index (κ1) is 21.5. The maximum atomic E-state index is 12.1. The van der Waals surface area contributed by atoms with Crippen LogP contribution in [0, 0.1) is 0 Å². The van der Waals surface area contributed by atoms with Crippen molar-refractivity contribution in [2.75, 3.05) is 27.4 Å². The van der Waals surface area contributed by atoms with Gasteiger partial charge < -0.3 is 9.47 Å². The molecule has 2 aromatic rings. The Morgan fingerprint density at radius 3 is 2.07 bits per heavy atom. The molecule has 0 aliphatic rings. The van der Waals surface area contributed by atoms with Gasteiger partial charge in [0.1, 0.15) is 5.75 Å². The number of sulfonamides is 1. The Bertz CT molecular complexity index is 922. The van der Waals surface area contributed by atoms with E-state index in [0.717, 1.165) is 0 Å². The van der Waals surface area contributed by atoms with Crippen LogP contribution in [-0.4, -0.2) is 52.0 Å². The molecule has 0 aromatic heterocycles. The van der Waals surface area contributed by atoms with E-state index in [1.165, 1.54) is 38.4 Å². The predicted molar refractivity (Wildman–Crippen MR) is 101 cm³/mol. The van der Waals surface area contributed by atoms with Gasteiger partial charge in [-0.1, -0.05) is 4.47 Å². The summed E-state index contributed by atoms with van der Waals surface area (Å²) in [7, 11) is -1.33. The van der Waals surface area contributed by atoms with Gasteiger partial charge in [0.25, 0.3) is 10.0 Å². The number of esters is 1. The summed E-state index contributed by atoms with van der Waals surface area (Å²) in [6.45, 7) is 1.95. The van der Waals surface area contributed by atoms with Crippen molar-refractivity contribution in [3.8, 4) is 5.75 Å². The Hall–Kier alpha value is -2.75. The smallest absolute Gasteiger partial charge is 0.338 e. The lowest BCUT2D eigenvalue weighted by molar-refractivity contribution is -0.0258. The molecule has 0 aliphatic heterocycles. The topological polar surface area (TPSA) is 99.2 Å². The number of nitrogens with zero attached hydrogens (tertiary/aromatic N) is 1. The Balaban J connectivity index is 1.98. The molecule has 2 rings (SSSR count). The molecule has 0 fully saturated rings. The molecular formula is C19H21NO7S. The summed E-state index contributed by atoms with van der Waals surface area (Å²) in [4.78, 5) is 28.9.